The predicted molar refractivity (Wildman–Crippen MR) is 135 cm³/mol. The van der Waals surface area contributed by atoms with Gasteiger partial charge in [0.1, 0.15) is 0 Å². The van der Waals surface area contributed by atoms with Crippen molar-refractivity contribution < 1.29 is 12.6 Å². The Hall–Kier alpha value is -3.93. The van der Waals surface area contributed by atoms with E-state index < -0.39 is 22.6 Å². The van der Waals surface area contributed by atoms with Crippen molar-refractivity contribution in [3.63, 3.8) is 0 Å². The zero-order chi connectivity index (χ0) is 23.9. The maximum absolute atomic E-state index is 13.6. The molecule has 0 aliphatic heterocycles. The first-order valence-electron chi connectivity index (χ1n) is 10.6. The minimum absolute atomic E-state index is 0.645. The van der Waals surface area contributed by atoms with Crippen molar-refractivity contribution in [2.45, 2.75) is 11.2 Å². The Bertz CT molecular complexity index is 1140. The summed E-state index contributed by atoms with van der Waals surface area (Å²) < 4.78 is 25.7. The van der Waals surface area contributed by atoms with Crippen molar-refractivity contribution in [1.29, 1.82) is 0 Å². The maximum atomic E-state index is 13.6. The lowest BCUT2D eigenvalue weighted by Crippen LogP contribution is -2.36. The van der Waals surface area contributed by atoms with Gasteiger partial charge in [0.2, 0.25) is 0 Å². The summed E-state index contributed by atoms with van der Waals surface area (Å²) >= 11 is -2.35. The zero-order valence-electron chi connectivity index (χ0n) is 18.3. The molecular formula is C30H22O3S. The molecule has 0 fully saturated rings. The number of hydrogen-bond donors (Lipinski definition) is 0. The molecule has 34 heavy (non-hydrogen) atoms. The third kappa shape index (κ3) is 4.44. The van der Waals surface area contributed by atoms with Crippen LogP contribution in [0.25, 0.3) is 0 Å². The van der Waals surface area contributed by atoms with Gasteiger partial charge in [0, 0.05) is 22.3 Å². The van der Waals surface area contributed by atoms with Crippen LogP contribution in [0.3, 0.4) is 0 Å². The van der Waals surface area contributed by atoms with Crippen molar-refractivity contribution >= 4 is 11.4 Å². The van der Waals surface area contributed by atoms with Crippen LogP contribution in [-0.4, -0.2) is 4.21 Å². The highest BCUT2D eigenvalue weighted by Crippen LogP contribution is 2.38. The lowest BCUT2D eigenvalue weighted by Gasteiger charge is -2.32. The Morgan fingerprint density at radius 1 is 0.500 bits per heavy atom. The predicted octanol–water partition coefficient (Wildman–Crippen LogP) is 5.75. The molecule has 0 saturated heterocycles. The molecule has 0 spiro atoms. The SMILES string of the molecule is C#CC(OS(=O)OC(C#C)(c1ccccc1)c1ccccc1)(c1ccccc1)c1ccccc1. The van der Waals surface area contributed by atoms with E-state index in [1.54, 1.807) is 0 Å². The lowest BCUT2D eigenvalue weighted by molar-refractivity contribution is 0.117. The van der Waals surface area contributed by atoms with Gasteiger partial charge in [0.05, 0.1) is 0 Å². The second-order valence-corrected chi connectivity index (χ2v) is 8.23. The van der Waals surface area contributed by atoms with Gasteiger partial charge in [-0.05, 0) is 0 Å². The van der Waals surface area contributed by atoms with Crippen LogP contribution in [0.5, 0.6) is 0 Å². The summed E-state index contributed by atoms with van der Waals surface area (Å²) in [5.41, 5.74) is -0.335. The van der Waals surface area contributed by atoms with Crippen molar-refractivity contribution in [3.8, 4) is 24.7 Å². The summed E-state index contributed by atoms with van der Waals surface area (Å²) in [5, 5.41) is 0. The number of rotatable bonds is 8. The Morgan fingerprint density at radius 3 is 0.941 bits per heavy atom. The molecule has 0 aliphatic carbocycles. The normalized spacial score (nSPS) is 11.5. The van der Waals surface area contributed by atoms with Crippen LogP contribution in [0, 0.1) is 24.7 Å². The summed E-state index contributed by atoms with van der Waals surface area (Å²) in [6.07, 6.45) is 12.1. The van der Waals surface area contributed by atoms with E-state index >= 15 is 0 Å². The van der Waals surface area contributed by atoms with Gasteiger partial charge in [-0.1, -0.05) is 133 Å². The van der Waals surface area contributed by atoms with Gasteiger partial charge in [-0.3, -0.25) is 0 Å². The molecule has 4 rings (SSSR count). The van der Waals surface area contributed by atoms with Crippen molar-refractivity contribution in [2.75, 3.05) is 0 Å². The highest BCUT2D eigenvalue weighted by molar-refractivity contribution is 7.75. The first-order chi connectivity index (χ1) is 16.6. The number of terminal acetylenes is 2. The first kappa shape index (κ1) is 23.2. The van der Waals surface area contributed by atoms with E-state index in [1.165, 1.54) is 0 Å². The molecule has 4 heteroatoms. The molecule has 0 atom stereocenters. The summed E-state index contributed by atoms with van der Waals surface area (Å²) in [7, 11) is 0. The molecule has 0 saturated carbocycles. The molecule has 0 bridgehead atoms. The maximum Gasteiger partial charge on any atom is 0.309 e. The fraction of sp³-hybridized carbons (Fsp3) is 0.0667. The summed E-state index contributed by atoms with van der Waals surface area (Å²) in [5.74, 6) is 5.43. The molecule has 0 amide bonds. The number of benzene rings is 4. The van der Waals surface area contributed by atoms with Gasteiger partial charge in [0.15, 0.2) is 11.2 Å². The third-order valence-corrected chi connectivity index (χ3v) is 6.29. The Kier molecular flexibility index (Phi) is 7.07. The van der Waals surface area contributed by atoms with Crippen LogP contribution >= 0.6 is 0 Å². The average molecular weight is 463 g/mol. The van der Waals surface area contributed by atoms with Crippen LogP contribution in [0.2, 0.25) is 0 Å². The molecule has 4 aromatic carbocycles. The van der Waals surface area contributed by atoms with E-state index in [-0.39, 0.29) is 0 Å². The summed E-state index contributed by atoms with van der Waals surface area (Å²) in [6, 6.07) is 36.9. The highest BCUT2D eigenvalue weighted by atomic mass is 32.2. The third-order valence-electron chi connectivity index (χ3n) is 5.51. The second kappa shape index (κ2) is 10.3. The van der Waals surface area contributed by atoms with Gasteiger partial charge >= 0.3 is 11.4 Å². The van der Waals surface area contributed by atoms with Crippen molar-refractivity contribution in [3.05, 3.63) is 144 Å². The van der Waals surface area contributed by atoms with Gasteiger partial charge in [0.25, 0.3) is 0 Å². The van der Waals surface area contributed by atoms with Crippen LogP contribution < -0.4 is 0 Å². The van der Waals surface area contributed by atoms with Crippen molar-refractivity contribution in [1.82, 2.24) is 0 Å². The zero-order valence-corrected chi connectivity index (χ0v) is 19.2. The highest BCUT2D eigenvalue weighted by Gasteiger charge is 2.41. The molecular weight excluding hydrogens is 440 g/mol. The molecule has 0 radical (unpaired) electrons. The number of hydrogen-bond acceptors (Lipinski definition) is 3. The topological polar surface area (TPSA) is 35.5 Å². The molecule has 0 N–H and O–H groups in total. The molecule has 0 aliphatic rings. The Morgan fingerprint density at radius 2 is 0.735 bits per heavy atom. The van der Waals surface area contributed by atoms with Gasteiger partial charge in [-0.2, -0.15) is 4.21 Å². The van der Waals surface area contributed by atoms with Gasteiger partial charge in [-0.15, -0.1) is 12.8 Å². The smallest absolute Gasteiger partial charge is 0.239 e. The fourth-order valence-corrected chi connectivity index (χ4v) is 4.74. The van der Waals surface area contributed by atoms with E-state index in [1.807, 2.05) is 121 Å². The standard InChI is InChI=1S/C30H22O3S/c1-3-29(25-17-9-5-10-18-25,26-19-11-6-12-20-26)32-34(31)33-30(4-2,27-21-13-7-14-22-27)28-23-15-8-16-24-28/h1-2,5-24H. The Balaban J connectivity index is 1.79. The Labute approximate surface area is 203 Å². The molecule has 166 valence electrons. The molecule has 0 heterocycles. The second-order valence-electron chi connectivity index (χ2n) is 7.49. The van der Waals surface area contributed by atoms with Crippen LogP contribution in [0.15, 0.2) is 121 Å². The fourth-order valence-electron chi connectivity index (χ4n) is 3.82. The first-order valence-corrected chi connectivity index (χ1v) is 11.6. The average Bonchev–Trinajstić information content (AvgIpc) is 2.92. The monoisotopic (exact) mass is 462 g/mol. The van der Waals surface area contributed by atoms with Gasteiger partial charge < -0.3 is 0 Å². The van der Waals surface area contributed by atoms with Crippen LogP contribution in [-0.2, 0) is 30.9 Å². The molecule has 4 aromatic rings. The summed E-state index contributed by atoms with van der Waals surface area (Å²) in [4.78, 5) is 0. The molecule has 0 unspecified atom stereocenters. The molecule has 3 nitrogen and oxygen atoms in total. The lowest BCUT2D eigenvalue weighted by atomic mass is 9.87. The minimum Gasteiger partial charge on any atom is -0.239 e. The van der Waals surface area contributed by atoms with Gasteiger partial charge in [-0.25, -0.2) is 8.37 Å². The quantitative estimate of drug-likeness (QED) is 0.313. The molecule has 0 aromatic heterocycles. The van der Waals surface area contributed by atoms with Crippen molar-refractivity contribution in [2.24, 2.45) is 0 Å². The van der Waals surface area contributed by atoms with E-state index in [2.05, 4.69) is 11.8 Å². The van der Waals surface area contributed by atoms with Crippen LogP contribution in [0.1, 0.15) is 22.3 Å². The van der Waals surface area contributed by atoms with E-state index in [4.69, 9.17) is 21.2 Å². The largest absolute Gasteiger partial charge is 0.309 e. The summed E-state index contributed by atoms with van der Waals surface area (Å²) in [6.45, 7) is 0. The van der Waals surface area contributed by atoms with E-state index in [9.17, 15) is 4.21 Å². The minimum atomic E-state index is -2.35. The van der Waals surface area contributed by atoms with Crippen LogP contribution in [0.4, 0.5) is 0 Å². The van der Waals surface area contributed by atoms with E-state index in [0.29, 0.717) is 22.3 Å². The van der Waals surface area contributed by atoms with E-state index in [0.717, 1.165) is 0 Å².